The fraction of sp³-hybridized carbons (Fsp3) is 0.706. The molecule has 4 nitrogen and oxygen atoms in total. The van der Waals surface area contributed by atoms with Crippen LogP contribution in [0.2, 0.25) is 0 Å². The fourth-order valence-corrected chi connectivity index (χ4v) is 3.54. The Bertz CT molecular complexity index is 419. The number of nitrogens with one attached hydrogen (secondary N) is 2. The number of hydrogen-bond acceptors (Lipinski definition) is 3. The van der Waals surface area contributed by atoms with Crippen molar-refractivity contribution >= 4 is 5.91 Å². The van der Waals surface area contributed by atoms with Gasteiger partial charge in [-0.15, -0.1) is 0 Å². The van der Waals surface area contributed by atoms with Crippen LogP contribution in [-0.2, 0) is 9.53 Å². The fourth-order valence-electron chi connectivity index (χ4n) is 3.54. The molecule has 21 heavy (non-hydrogen) atoms. The van der Waals surface area contributed by atoms with Crippen molar-refractivity contribution in [2.75, 3.05) is 26.3 Å². The molecule has 0 bridgehead atoms. The van der Waals surface area contributed by atoms with Crippen molar-refractivity contribution in [2.45, 2.75) is 38.1 Å². The van der Waals surface area contributed by atoms with Gasteiger partial charge < -0.3 is 15.4 Å². The highest BCUT2D eigenvalue weighted by atomic mass is 16.5. The van der Waals surface area contributed by atoms with Gasteiger partial charge in [-0.25, -0.2) is 0 Å². The summed E-state index contributed by atoms with van der Waals surface area (Å²) in [6.45, 7) is 3.79. The van der Waals surface area contributed by atoms with Gasteiger partial charge in [0.05, 0.1) is 0 Å². The lowest BCUT2D eigenvalue weighted by Gasteiger charge is -2.30. The van der Waals surface area contributed by atoms with Gasteiger partial charge in [0, 0.05) is 24.8 Å². The maximum Gasteiger partial charge on any atom is 0.251 e. The SMILES string of the molecule is O=C(NC1CCOCC1)C1=CC[C@@H](C2CCNCC2)C=C1. The highest BCUT2D eigenvalue weighted by Crippen LogP contribution is 2.29. The number of carbonyl (C=O) groups is 1. The predicted molar refractivity (Wildman–Crippen MR) is 82.9 cm³/mol. The molecule has 1 atom stereocenters. The van der Waals surface area contributed by atoms with Crippen LogP contribution in [0.3, 0.4) is 0 Å². The van der Waals surface area contributed by atoms with E-state index in [0.29, 0.717) is 5.92 Å². The zero-order valence-electron chi connectivity index (χ0n) is 12.6. The van der Waals surface area contributed by atoms with Gasteiger partial charge >= 0.3 is 0 Å². The second kappa shape index (κ2) is 7.23. The van der Waals surface area contributed by atoms with Gasteiger partial charge in [0.1, 0.15) is 0 Å². The van der Waals surface area contributed by atoms with Crippen molar-refractivity contribution in [3.8, 4) is 0 Å². The monoisotopic (exact) mass is 290 g/mol. The molecule has 0 aromatic carbocycles. The Labute approximate surface area is 127 Å². The van der Waals surface area contributed by atoms with E-state index in [1.807, 2.05) is 6.08 Å². The maximum absolute atomic E-state index is 12.3. The van der Waals surface area contributed by atoms with Gasteiger partial charge in [0.2, 0.25) is 0 Å². The van der Waals surface area contributed by atoms with E-state index in [1.165, 1.54) is 12.8 Å². The number of amides is 1. The van der Waals surface area contributed by atoms with E-state index in [0.717, 1.165) is 57.1 Å². The van der Waals surface area contributed by atoms with Crippen molar-refractivity contribution in [3.63, 3.8) is 0 Å². The molecule has 2 aliphatic heterocycles. The molecule has 2 saturated heterocycles. The number of allylic oxidation sites excluding steroid dienone is 2. The highest BCUT2D eigenvalue weighted by molar-refractivity contribution is 5.96. The number of hydrogen-bond donors (Lipinski definition) is 2. The lowest BCUT2D eigenvalue weighted by molar-refractivity contribution is -0.118. The molecule has 2 N–H and O–H groups in total. The van der Waals surface area contributed by atoms with Crippen LogP contribution < -0.4 is 10.6 Å². The summed E-state index contributed by atoms with van der Waals surface area (Å²) in [5.74, 6) is 1.48. The van der Waals surface area contributed by atoms with Gasteiger partial charge in [-0.2, -0.15) is 0 Å². The highest BCUT2D eigenvalue weighted by Gasteiger charge is 2.24. The number of ether oxygens (including phenoxy) is 1. The second-order valence-corrected chi connectivity index (χ2v) is 6.37. The Morgan fingerprint density at radius 3 is 2.62 bits per heavy atom. The van der Waals surface area contributed by atoms with E-state index in [9.17, 15) is 4.79 Å². The van der Waals surface area contributed by atoms with Gasteiger partial charge in [0.25, 0.3) is 5.91 Å². The molecule has 1 amide bonds. The lowest BCUT2D eigenvalue weighted by Crippen LogP contribution is -2.39. The van der Waals surface area contributed by atoms with E-state index in [2.05, 4.69) is 22.8 Å². The van der Waals surface area contributed by atoms with Crippen molar-refractivity contribution < 1.29 is 9.53 Å². The zero-order valence-corrected chi connectivity index (χ0v) is 12.6. The topological polar surface area (TPSA) is 50.4 Å². The van der Waals surface area contributed by atoms with Crippen LogP contribution in [0.4, 0.5) is 0 Å². The molecule has 2 heterocycles. The lowest BCUT2D eigenvalue weighted by atomic mass is 9.80. The van der Waals surface area contributed by atoms with E-state index in [1.54, 1.807) is 0 Å². The normalized spacial score (nSPS) is 28.2. The third kappa shape index (κ3) is 3.95. The average molecular weight is 290 g/mol. The molecule has 0 radical (unpaired) electrons. The molecule has 2 fully saturated rings. The Morgan fingerprint density at radius 1 is 1.19 bits per heavy atom. The van der Waals surface area contributed by atoms with Crippen LogP contribution in [0.5, 0.6) is 0 Å². The smallest absolute Gasteiger partial charge is 0.251 e. The molecule has 0 unspecified atom stereocenters. The first-order valence-electron chi connectivity index (χ1n) is 8.30. The minimum Gasteiger partial charge on any atom is -0.381 e. The van der Waals surface area contributed by atoms with Crippen LogP contribution in [0.25, 0.3) is 0 Å². The first-order valence-corrected chi connectivity index (χ1v) is 8.30. The minimum atomic E-state index is 0.0851. The quantitative estimate of drug-likeness (QED) is 0.833. The molecular weight excluding hydrogens is 264 g/mol. The average Bonchev–Trinajstić information content (AvgIpc) is 2.57. The van der Waals surface area contributed by atoms with E-state index in [-0.39, 0.29) is 11.9 Å². The first-order chi connectivity index (χ1) is 10.3. The number of carbonyl (C=O) groups excluding carboxylic acids is 1. The van der Waals surface area contributed by atoms with Crippen molar-refractivity contribution in [3.05, 3.63) is 23.8 Å². The minimum absolute atomic E-state index is 0.0851. The number of piperidine rings is 1. The van der Waals surface area contributed by atoms with E-state index in [4.69, 9.17) is 4.74 Å². The van der Waals surface area contributed by atoms with Crippen LogP contribution in [-0.4, -0.2) is 38.3 Å². The Kier molecular flexibility index (Phi) is 5.09. The van der Waals surface area contributed by atoms with E-state index < -0.39 is 0 Å². The summed E-state index contributed by atoms with van der Waals surface area (Å²) in [6.07, 6.45) is 11.8. The largest absolute Gasteiger partial charge is 0.381 e. The molecule has 116 valence electrons. The molecule has 0 aromatic rings. The van der Waals surface area contributed by atoms with Gasteiger partial charge in [-0.1, -0.05) is 18.2 Å². The standard InChI is InChI=1S/C17H26N2O2/c20-17(19-16-7-11-21-12-8-16)15-3-1-13(2-4-15)14-5-9-18-10-6-14/h1,3-4,13-14,16,18H,2,5-12H2,(H,19,20)/t13-/m0/s1. The zero-order chi connectivity index (χ0) is 14.5. The Balaban J connectivity index is 1.49. The molecule has 3 aliphatic rings. The molecule has 0 aromatic heterocycles. The van der Waals surface area contributed by atoms with Gasteiger partial charge in [-0.05, 0) is 57.0 Å². The third-order valence-corrected chi connectivity index (χ3v) is 4.94. The summed E-state index contributed by atoms with van der Waals surface area (Å²) in [5.41, 5.74) is 0.840. The molecule has 0 saturated carbocycles. The van der Waals surface area contributed by atoms with E-state index >= 15 is 0 Å². The second-order valence-electron chi connectivity index (χ2n) is 6.37. The Morgan fingerprint density at radius 2 is 1.95 bits per heavy atom. The summed E-state index contributed by atoms with van der Waals surface area (Å²) >= 11 is 0. The summed E-state index contributed by atoms with van der Waals surface area (Å²) < 4.78 is 5.32. The van der Waals surface area contributed by atoms with Crippen LogP contribution in [0.1, 0.15) is 32.1 Å². The molecule has 0 spiro atoms. The van der Waals surface area contributed by atoms with Gasteiger partial charge in [0.15, 0.2) is 0 Å². The van der Waals surface area contributed by atoms with Gasteiger partial charge in [-0.3, -0.25) is 4.79 Å². The molecule has 3 rings (SSSR count). The van der Waals surface area contributed by atoms with Crippen LogP contribution in [0, 0.1) is 11.8 Å². The first kappa shape index (κ1) is 14.8. The summed E-state index contributed by atoms with van der Waals surface area (Å²) in [7, 11) is 0. The summed E-state index contributed by atoms with van der Waals surface area (Å²) in [6, 6.07) is 0.280. The maximum atomic E-state index is 12.3. The molecule has 1 aliphatic carbocycles. The Hall–Kier alpha value is -1.13. The third-order valence-electron chi connectivity index (χ3n) is 4.94. The van der Waals surface area contributed by atoms with Crippen molar-refractivity contribution in [2.24, 2.45) is 11.8 Å². The summed E-state index contributed by atoms with van der Waals surface area (Å²) in [4.78, 5) is 12.3. The van der Waals surface area contributed by atoms with Crippen molar-refractivity contribution in [1.29, 1.82) is 0 Å². The molecule has 4 heteroatoms. The summed E-state index contributed by atoms with van der Waals surface area (Å²) in [5, 5.41) is 6.55. The van der Waals surface area contributed by atoms with Crippen LogP contribution in [0.15, 0.2) is 23.8 Å². The predicted octanol–water partition coefficient (Wildman–Crippen LogP) is 1.78. The van der Waals surface area contributed by atoms with Crippen LogP contribution >= 0.6 is 0 Å². The molecular formula is C17H26N2O2. The number of rotatable bonds is 3. The van der Waals surface area contributed by atoms with Crippen molar-refractivity contribution in [1.82, 2.24) is 10.6 Å².